The summed E-state index contributed by atoms with van der Waals surface area (Å²) in [6.07, 6.45) is 1.83. The fraction of sp³-hybridized carbons (Fsp3) is 0.316. The maximum atomic E-state index is 11.1. The van der Waals surface area contributed by atoms with Gasteiger partial charge in [0.15, 0.2) is 6.29 Å². The van der Waals surface area contributed by atoms with Gasteiger partial charge in [-0.2, -0.15) is 0 Å². The summed E-state index contributed by atoms with van der Waals surface area (Å²) < 4.78 is 6.23. The summed E-state index contributed by atoms with van der Waals surface area (Å²) >= 11 is 6.27. The van der Waals surface area contributed by atoms with Crippen molar-refractivity contribution in [2.45, 2.75) is 27.2 Å². The largest absolute Gasteiger partial charge is 1.00 e. The Morgan fingerprint density at radius 2 is 1.88 bits per heavy atom. The van der Waals surface area contributed by atoms with Gasteiger partial charge in [0.25, 0.3) is 0 Å². The van der Waals surface area contributed by atoms with Gasteiger partial charge in [-0.25, -0.2) is 0 Å². The smallest absolute Gasteiger partial charge is 1.00 e. The number of hydrogen-bond donors (Lipinski definition) is 0. The van der Waals surface area contributed by atoms with Crippen molar-refractivity contribution in [3.05, 3.63) is 58.6 Å². The van der Waals surface area contributed by atoms with Crippen LogP contribution in [0, 0.1) is 12.8 Å². The van der Waals surface area contributed by atoms with E-state index >= 15 is 0 Å². The van der Waals surface area contributed by atoms with Crippen LogP contribution < -0.4 is 29.5 Å². The first-order chi connectivity index (χ1) is 11.0. The molecule has 0 bridgehead atoms. The predicted molar refractivity (Wildman–Crippen MR) is 101 cm³/mol. The molecule has 2 aromatic rings. The molecule has 5 heteroatoms. The number of halogens is 1. The third kappa shape index (κ3) is 5.73. The standard InChI is InChI=1S/C19H22ClO2P.Li.H/c1-14(2)9-10-22-23(16-7-5-4-6-8-16)17-11-15(3)18(13-21)19(20)12-17;;/h4-8,11-14H,9-10H2,1-3H3;;/q;+1;-1. The second kappa shape index (κ2) is 10.4. The Hall–Kier alpha value is -0.613. The summed E-state index contributed by atoms with van der Waals surface area (Å²) in [5.74, 6) is 0.602. The van der Waals surface area contributed by atoms with Gasteiger partial charge in [-0.1, -0.05) is 55.8 Å². The first-order valence-electron chi connectivity index (χ1n) is 7.76. The van der Waals surface area contributed by atoms with Crippen LogP contribution in [-0.2, 0) is 4.52 Å². The minimum Gasteiger partial charge on any atom is -1.00 e. The van der Waals surface area contributed by atoms with Crippen molar-refractivity contribution in [3.8, 4) is 0 Å². The van der Waals surface area contributed by atoms with Crippen LogP contribution in [0.2, 0.25) is 5.02 Å². The van der Waals surface area contributed by atoms with Gasteiger partial charge in [-0.05, 0) is 37.0 Å². The van der Waals surface area contributed by atoms with E-state index in [1.54, 1.807) is 0 Å². The monoisotopic (exact) mass is 356 g/mol. The topological polar surface area (TPSA) is 26.3 Å². The second-order valence-electron chi connectivity index (χ2n) is 5.92. The zero-order valence-corrected chi connectivity index (χ0v) is 16.4. The molecule has 24 heavy (non-hydrogen) atoms. The molecule has 0 fully saturated rings. The molecule has 0 saturated heterocycles. The average Bonchev–Trinajstić information content (AvgIpc) is 2.52. The molecule has 0 radical (unpaired) electrons. The van der Waals surface area contributed by atoms with Crippen LogP contribution in [0.4, 0.5) is 0 Å². The molecule has 0 aliphatic carbocycles. The Kier molecular flexibility index (Phi) is 9.28. The van der Waals surface area contributed by atoms with E-state index in [2.05, 4.69) is 26.0 Å². The minimum atomic E-state index is -0.932. The summed E-state index contributed by atoms with van der Waals surface area (Å²) in [6, 6.07) is 14.1. The molecule has 0 spiro atoms. The van der Waals surface area contributed by atoms with E-state index in [0.29, 0.717) is 23.1 Å². The number of benzene rings is 2. The van der Waals surface area contributed by atoms with Crippen LogP contribution in [0.1, 0.15) is 37.6 Å². The maximum absolute atomic E-state index is 11.1. The first-order valence-corrected chi connectivity index (χ1v) is 9.40. The Morgan fingerprint density at radius 3 is 2.42 bits per heavy atom. The Bertz CT molecular complexity index is 645. The molecule has 0 heterocycles. The van der Waals surface area contributed by atoms with Gasteiger partial charge in [-0.15, -0.1) is 0 Å². The summed E-state index contributed by atoms with van der Waals surface area (Å²) in [5.41, 5.74) is 1.44. The van der Waals surface area contributed by atoms with Gasteiger partial charge < -0.3 is 5.95 Å². The van der Waals surface area contributed by atoms with E-state index in [-0.39, 0.29) is 20.3 Å². The maximum Gasteiger partial charge on any atom is 1.00 e. The summed E-state index contributed by atoms with van der Waals surface area (Å²) in [6.45, 7) is 7.00. The number of rotatable bonds is 7. The zero-order chi connectivity index (χ0) is 16.8. The third-order valence-corrected chi connectivity index (χ3v) is 5.83. The molecule has 0 aliphatic heterocycles. The number of aldehydes is 1. The van der Waals surface area contributed by atoms with Gasteiger partial charge in [0.05, 0.1) is 19.8 Å². The zero-order valence-electron chi connectivity index (χ0n) is 15.8. The minimum absolute atomic E-state index is 0. The molecular weight excluding hydrogens is 334 g/mol. The second-order valence-corrected chi connectivity index (χ2v) is 8.21. The van der Waals surface area contributed by atoms with Crippen LogP contribution in [0.25, 0.3) is 0 Å². The van der Waals surface area contributed by atoms with Crippen LogP contribution in [0.5, 0.6) is 0 Å². The number of carbonyl (C=O) groups is 1. The number of aryl methyl sites for hydroxylation is 1. The van der Waals surface area contributed by atoms with Crippen LogP contribution in [-0.4, -0.2) is 12.9 Å². The van der Waals surface area contributed by atoms with Crippen LogP contribution in [0.3, 0.4) is 0 Å². The molecule has 0 aromatic heterocycles. The summed E-state index contributed by atoms with van der Waals surface area (Å²) in [5, 5.41) is 2.69. The molecule has 0 amide bonds. The van der Waals surface area contributed by atoms with E-state index in [9.17, 15) is 4.79 Å². The number of hydrogen-bond acceptors (Lipinski definition) is 2. The van der Waals surface area contributed by atoms with Crippen molar-refractivity contribution >= 4 is 36.6 Å². The van der Waals surface area contributed by atoms with Crippen molar-refractivity contribution in [2.24, 2.45) is 5.92 Å². The van der Waals surface area contributed by atoms with Crippen molar-refractivity contribution < 1.29 is 29.6 Å². The van der Waals surface area contributed by atoms with Crippen molar-refractivity contribution in [3.63, 3.8) is 0 Å². The molecule has 1 unspecified atom stereocenters. The normalized spacial score (nSPS) is 11.9. The van der Waals surface area contributed by atoms with E-state index in [1.807, 2.05) is 37.3 Å². The quantitative estimate of drug-likeness (QED) is 0.431. The third-order valence-electron chi connectivity index (χ3n) is 3.58. The molecule has 0 N–H and O–H groups in total. The summed E-state index contributed by atoms with van der Waals surface area (Å²) in [7, 11) is -0.932. The van der Waals surface area contributed by atoms with Gasteiger partial charge >= 0.3 is 18.9 Å². The fourth-order valence-electron chi connectivity index (χ4n) is 2.24. The predicted octanol–water partition coefficient (Wildman–Crippen LogP) is 1.99. The van der Waals surface area contributed by atoms with Crippen LogP contribution in [0.15, 0.2) is 42.5 Å². The summed E-state index contributed by atoms with van der Waals surface area (Å²) in [4.78, 5) is 11.1. The molecule has 124 valence electrons. The molecule has 2 nitrogen and oxygen atoms in total. The van der Waals surface area contributed by atoms with Gasteiger partial charge in [-0.3, -0.25) is 4.79 Å². The van der Waals surface area contributed by atoms with E-state index < -0.39 is 8.15 Å². The van der Waals surface area contributed by atoms with E-state index in [1.165, 1.54) is 0 Å². The van der Waals surface area contributed by atoms with Gasteiger partial charge in [0.2, 0.25) is 0 Å². The molecular formula is C19H23ClLiO2P. The molecule has 0 saturated carbocycles. The van der Waals surface area contributed by atoms with E-state index in [0.717, 1.165) is 28.9 Å². The first kappa shape index (κ1) is 21.4. The molecule has 2 rings (SSSR count). The molecule has 1 atom stereocenters. The van der Waals surface area contributed by atoms with Crippen molar-refractivity contribution in [1.29, 1.82) is 0 Å². The number of carbonyl (C=O) groups excluding carboxylic acids is 1. The Labute approximate surface area is 164 Å². The molecule has 0 aliphatic rings. The molecule has 2 aromatic carbocycles. The Morgan fingerprint density at radius 1 is 1.21 bits per heavy atom. The van der Waals surface area contributed by atoms with Crippen molar-refractivity contribution in [1.82, 2.24) is 0 Å². The Balaban J connectivity index is 0.00000288. The van der Waals surface area contributed by atoms with Crippen molar-refractivity contribution in [2.75, 3.05) is 6.61 Å². The van der Waals surface area contributed by atoms with Gasteiger partial charge in [0, 0.05) is 16.2 Å². The van der Waals surface area contributed by atoms with Crippen LogP contribution >= 0.6 is 19.7 Å². The van der Waals surface area contributed by atoms with E-state index in [4.69, 9.17) is 16.1 Å². The van der Waals surface area contributed by atoms with Gasteiger partial charge in [0.1, 0.15) is 0 Å². The SMILES string of the molecule is Cc1cc(P(OCCC(C)C)c2ccccc2)cc(Cl)c1C=O.[H-].[Li+]. The average molecular weight is 357 g/mol. The fourth-order valence-corrected chi connectivity index (χ4v) is 4.52.